The third kappa shape index (κ3) is 7.06. The summed E-state index contributed by atoms with van der Waals surface area (Å²) >= 11 is 1.88. The van der Waals surface area contributed by atoms with Gasteiger partial charge in [-0.25, -0.2) is 0 Å². The van der Waals surface area contributed by atoms with Crippen LogP contribution in [0.25, 0.3) is 42.4 Å². The fourth-order valence-electron chi connectivity index (χ4n) is 14.4. The van der Waals surface area contributed by atoms with Crippen molar-refractivity contribution in [1.29, 1.82) is 0 Å². The Morgan fingerprint density at radius 1 is 0.329 bits per heavy atom. The molecule has 82 heavy (non-hydrogen) atoms. The maximum atomic E-state index is 7.25. The van der Waals surface area contributed by atoms with Crippen LogP contribution in [0.3, 0.4) is 0 Å². The molecular weight excluding hydrogens is 1010 g/mol. The zero-order valence-electron chi connectivity index (χ0n) is 49.2. The molecule has 0 atom stereocenters. The second-order valence-electron chi connectivity index (χ2n) is 27.7. The van der Waals surface area contributed by atoms with E-state index in [1.165, 1.54) is 98.1 Å². The lowest BCUT2D eigenvalue weighted by molar-refractivity contribution is 0.433. The Labute approximate surface area is 487 Å². The van der Waals surface area contributed by atoms with Gasteiger partial charge in [0.05, 0.1) is 26.9 Å². The van der Waals surface area contributed by atoms with Gasteiger partial charge in [0.25, 0.3) is 0 Å². The first-order chi connectivity index (χ1) is 39.2. The van der Waals surface area contributed by atoms with Crippen molar-refractivity contribution in [2.75, 3.05) is 4.90 Å². The summed E-state index contributed by atoms with van der Waals surface area (Å²) in [6, 6.07) is 76.6. The maximum Gasteiger partial charge on any atom is 0.132 e. The van der Waals surface area contributed by atoms with E-state index in [1.54, 1.807) is 0 Å². The van der Waals surface area contributed by atoms with E-state index >= 15 is 0 Å². The van der Waals surface area contributed by atoms with E-state index in [1.807, 2.05) is 11.3 Å². The molecule has 0 unspecified atom stereocenters. The predicted molar refractivity (Wildman–Crippen MR) is 344 cm³/mol. The molecule has 0 fully saturated rings. The van der Waals surface area contributed by atoms with Crippen molar-refractivity contribution in [2.24, 2.45) is 0 Å². The number of thiophene rings is 1. The van der Waals surface area contributed by atoms with Crippen LogP contribution in [-0.2, 0) is 32.5 Å². The van der Waals surface area contributed by atoms with Crippen LogP contribution in [0, 0.1) is 0 Å². The average Bonchev–Trinajstić information content (AvgIpc) is 1.65. The van der Waals surface area contributed by atoms with Gasteiger partial charge >= 0.3 is 0 Å². The molecule has 1 aromatic heterocycles. The van der Waals surface area contributed by atoms with Gasteiger partial charge in [-0.05, 0) is 150 Å². The summed E-state index contributed by atoms with van der Waals surface area (Å²) in [7, 11) is 0. The van der Waals surface area contributed by atoms with Crippen LogP contribution in [0.1, 0.15) is 150 Å². The van der Waals surface area contributed by atoms with Crippen LogP contribution in [0.2, 0.25) is 0 Å². The van der Waals surface area contributed by atoms with Gasteiger partial charge in [0.2, 0.25) is 0 Å². The van der Waals surface area contributed by atoms with Gasteiger partial charge in [0.15, 0.2) is 0 Å². The Morgan fingerprint density at radius 2 is 0.768 bits per heavy atom. The first-order valence-electron chi connectivity index (χ1n) is 29.3. The Morgan fingerprint density at radius 3 is 1.38 bits per heavy atom. The summed E-state index contributed by atoms with van der Waals surface area (Å²) in [6.07, 6.45) is 0. The van der Waals surface area contributed by atoms with Crippen molar-refractivity contribution < 1.29 is 9.47 Å². The van der Waals surface area contributed by atoms with Crippen LogP contribution in [-0.4, -0.2) is 0 Å². The average molecular weight is 1080 g/mol. The number of hydrogen-bond donors (Lipinski definition) is 0. The van der Waals surface area contributed by atoms with E-state index in [-0.39, 0.29) is 21.7 Å². The predicted octanol–water partition coefficient (Wildman–Crippen LogP) is 21.7. The van der Waals surface area contributed by atoms with Gasteiger partial charge < -0.3 is 14.4 Å². The molecule has 15 rings (SSSR count). The Kier molecular flexibility index (Phi) is 10.6. The molecule has 3 heterocycles. The minimum absolute atomic E-state index is 0.0912. The lowest BCUT2D eigenvalue weighted by Gasteiger charge is -2.41. The van der Waals surface area contributed by atoms with E-state index < -0.39 is 10.8 Å². The first kappa shape index (κ1) is 50.8. The van der Waals surface area contributed by atoms with Gasteiger partial charge in [0, 0.05) is 49.0 Å². The number of rotatable bonds is 3. The van der Waals surface area contributed by atoms with Gasteiger partial charge in [-0.3, -0.25) is 0 Å². The second-order valence-corrected chi connectivity index (χ2v) is 28.7. The highest BCUT2D eigenvalue weighted by atomic mass is 32.1. The van der Waals surface area contributed by atoms with Crippen molar-refractivity contribution in [3.63, 3.8) is 0 Å². The molecule has 404 valence electrons. The highest BCUT2D eigenvalue weighted by molar-refractivity contribution is 7.26. The molecule has 0 bridgehead atoms. The monoisotopic (exact) mass is 1080 g/mol. The lowest BCUT2D eigenvalue weighted by atomic mass is 9.64. The molecule has 2 aliphatic carbocycles. The van der Waals surface area contributed by atoms with Crippen molar-refractivity contribution in [3.8, 4) is 45.3 Å². The summed E-state index contributed by atoms with van der Waals surface area (Å²) in [6.45, 7) is 27.9. The van der Waals surface area contributed by atoms with Crippen molar-refractivity contribution in [3.05, 3.63) is 267 Å². The number of ether oxygens (including phenoxy) is 2. The Hall–Kier alpha value is -8.18. The summed E-state index contributed by atoms with van der Waals surface area (Å²) < 4.78 is 16.9. The minimum atomic E-state index is -0.719. The van der Waals surface area contributed by atoms with Gasteiger partial charge in [-0.15, -0.1) is 11.3 Å². The van der Waals surface area contributed by atoms with Gasteiger partial charge in [-0.2, -0.15) is 0 Å². The molecule has 0 radical (unpaired) electrons. The SMILES string of the molecule is CC(C)(C)c1ccc2c(c1)C1(c3cc(C(C)(C)C)ccc3O2)c2ccccc2-c2c(N(c3ccc4c(c3)C3(c5ccccc5O4)c4cc(C(C)(C)C)ccc4-c4ccc(C(C)(C)C)cc43)c3cccc4c3sc3ccccc34)cccc21. The highest BCUT2D eigenvalue weighted by Gasteiger charge is 2.55. The Bertz CT molecular complexity index is 4390. The van der Waals surface area contributed by atoms with E-state index in [0.717, 1.165) is 51.2 Å². The molecule has 11 aromatic rings. The number of nitrogens with zero attached hydrogens (tertiary/aromatic N) is 1. The largest absolute Gasteiger partial charge is 0.457 e. The normalized spacial score (nSPS) is 15.0. The minimum Gasteiger partial charge on any atom is -0.457 e. The third-order valence-corrected chi connectivity index (χ3v) is 19.8. The summed E-state index contributed by atoms with van der Waals surface area (Å²) in [4.78, 5) is 2.60. The highest BCUT2D eigenvalue weighted by Crippen LogP contribution is 2.67. The van der Waals surface area contributed by atoms with Crippen LogP contribution < -0.4 is 14.4 Å². The van der Waals surface area contributed by atoms with E-state index in [0.29, 0.717) is 0 Å². The van der Waals surface area contributed by atoms with Crippen molar-refractivity contribution in [1.82, 2.24) is 0 Å². The zero-order chi connectivity index (χ0) is 56.6. The van der Waals surface area contributed by atoms with Crippen LogP contribution in [0.4, 0.5) is 17.1 Å². The molecule has 0 N–H and O–H groups in total. The van der Waals surface area contributed by atoms with E-state index in [2.05, 4.69) is 288 Å². The fourth-order valence-corrected chi connectivity index (χ4v) is 15.6. The molecule has 0 saturated carbocycles. The number of para-hydroxylation sites is 1. The molecule has 0 amide bonds. The van der Waals surface area contributed by atoms with E-state index in [9.17, 15) is 0 Å². The smallest absolute Gasteiger partial charge is 0.132 e. The zero-order valence-corrected chi connectivity index (χ0v) is 50.0. The second kappa shape index (κ2) is 17.2. The molecular formula is C78H69NO2S. The maximum absolute atomic E-state index is 7.25. The van der Waals surface area contributed by atoms with Gasteiger partial charge in [0.1, 0.15) is 23.0 Å². The van der Waals surface area contributed by atoms with Crippen molar-refractivity contribution in [2.45, 2.75) is 116 Å². The molecule has 4 heteroatoms. The summed E-state index contributed by atoms with van der Waals surface area (Å²) in [5.74, 6) is 3.54. The van der Waals surface area contributed by atoms with Crippen molar-refractivity contribution >= 4 is 48.6 Å². The number of hydrogen-bond acceptors (Lipinski definition) is 4. The number of anilines is 3. The third-order valence-electron chi connectivity index (χ3n) is 18.6. The molecule has 2 aliphatic heterocycles. The molecule has 4 aliphatic rings. The number of benzene rings is 10. The standard InChI is InChI=1S/C78H69NO2S/c1-73(2,3)46-31-36-51-52-37-32-47(74(4,5)6)42-60(52)78(59(51)41-46)57-25-16-17-29-66(57)80-69-40-35-50(45-63(69)78)79(65-28-19-23-54-53-21-14-18-30-70(53)82-72(54)65)64-27-20-26-58-71(64)55-22-13-15-24-56(55)77(58)61-43-48(75(7,8)9)33-38-67(61)81-68-39-34-49(44-62(68)77)76(10,11)12/h13-45H,1-12H3. The van der Waals surface area contributed by atoms with Crippen LogP contribution >= 0.6 is 11.3 Å². The lowest BCUT2D eigenvalue weighted by Crippen LogP contribution is -2.33. The van der Waals surface area contributed by atoms with Crippen LogP contribution in [0.15, 0.2) is 200 Å². The van der Waals surface area contributed by atoms with Crippen LogP contribution in [0.5, 0.6) is 23.0 Å². The summed E-state index contributed by atoms with van der Waals surface area (Å²) in [5, 5.41) is 2.52. The topological polar surface area (TPSA) is 21.7 Å². The molecule has 3 nitrogen and oxygen atoms in total. The Balaban J connectivity index is 1.07. The quantitative estimate of drug-likeness (QED) is 0.176. The van der Waals surface area contributed by atoms with E-state index in [4.69, 9.17) is 9.47 Å². The summed E-state index contributed by atoms with van der Waals surface area (Å²) in [5.41, 5.74) is 21.4. The fraction of sp³-hybridized carbons (Fsp3) is 0.231. The molecule has 10 aromatic carbocycles. The number of fused-ring (bicyclic) bond motifs is 21. The first-order valence-corrected chi connectivity index (χ1v) is 30.1. The molecule has 2 spiro atoms. The van der Waals surface area contributed by atoms with Gasteiger partial charge in [-0.1, -0.05) is 217 Å². The molecule has 0 saturated heterocycles.